The van der Waals surface area contributed by atoms with E-state index < -0.39 is 10.5 Å². The Morgan fingerprint density at radius 3 is 2.65 bits per heavy atom. The molecule has 0 saturated carbocycles. The van der Waals surface area contributed by atoms with Gasteiger partial charge in [-0.1, -0.05) is 5.16 Å². The van der Waals surface area contributed by atoms with Gasteiger partial charge in [0, 0.05) is 12.1 Å². The predicted octanol–water partition coefficient (Wildman–Crippen LogP) is 1.59. The van der Waals surface area contributed by atoms with Crippen molar-refractivity contribution in [1.82, 2.24) is 14.9 Å². The Morgan fingerprint density at radius 1 is 1.30 bits per heavy atom. The van der Waals surface area contributed by atoms with Crippen molar-refractivity contribution in [2.24, 2.45) is 0 Å². The van der Waals surface area contributed by atoms with Crippen LogP contribution in [0, 0.1) is 17.0 Å². The number of aryl methyl sites for hydroxylation is 1. The summed E-state index contributed by atoms with van der Waals surface area (Å²) in [6.07, 6.45) is 1.36. The van der Waals surface area contributed by atoms with Crippen LogP contribution in [0.4, 0.5) is 5.69 Å². The average molecular weight is 272 g/mol. The highest BCUT2D eigenvalue weighted by atomic mass is 16.6. The Hall–Kier alpha value is -3.03. The summed E-state index contributed by atoms with van der Waals surface area (Å²) in [6.45, 7) is 1.72. The fraction of sp³-hybridized carbons (Fsp3) is 0.0833. The van der Waals surface area contributed by atoms with Crippen molar-refractivity contribution in [3.05, 3.63) is 56.7 Å². The number of benzene rings is 1. The number of hydrogen-bond acceptors (Lipinski definition) is 6. The number of non-ortho nitro benzene ring substituents is 1. The lowest BCUT2D eigenvalue weighted by atomic mass is 10.2. The quantitative estimate of drug-likeness (QED) is 0.518. The highest BCUT2D eigenvalue weighted by Gasteiger charge is 2.13. The van der Waals surface area contributed by atoms with Crippen LogP contribution in [0.3, 0.4) is 0 Å². The molecule has 0 saturated heterocycles. The molecule has 8 nitrogen and oxygen atoms in total. The molecule has 0 unspecified atom stereocenters. The molecular weight excluding hydrogens is 264 g/mol. The molecule has 0 fully saturated rings. The number of aromatic nitrogens is 3. The van der Waals surface area contributed by atoms with Crippen molar-refractivity contribution in [2.75, 3.05) is 0 Å². The maximum Gasteiger partial charge on any atom is 0.301 e. The zero-order valence-corrected chi connectivity index (χ0v) is 10.3. The second-order valence-corrected chi connectivity index (χ2v) is 4.15. The number of fused-ring (bicyclic) bond motifs is 1. The van der Waals surface area contributed by atoms with E-state index in [4.69, 9.17) is 4.52 Å². The third-order valence-corrected chi connectivity index (χ3v) is 2.91. The van der Waals surface area contributed by atoms with E-state index in [1.165, 1.54) is 30.5 Å². The third-order valence-electron chi connectivity index (χ3n) is 2.91. The molecule has 0 aliphatic heterocycles. The minimum atomic E-state index is -0.508. The Labute approximate surface area is 111 Å². The molecule has 3 aromatic rings. The van der Waals surface area contributed by atoms with Crippen LogP contribution >= 0.6 is 0 Å². The molecule has 0 spiro atoms. The molecule has 0 aliphatic carbocycles. The first kappa shape index (κ1) is 12.0. The summed E-state index contributed by atoms with van der Waals surface area (Å²) in [5.41, 5.74) is 0.692. The van der Waals surface area contributed by atoms with Crippen LogP contribution in [0.5, 0.6) is 0 Å². The standard InChI is InChI=1S/C12H8N4O4/c1-7-10-6-20-14-11(10)12(17)15(13-7)8-2-4-9(5-3-8)16(18)19/h2-6H,1H3. The molecular formula is C12H8N4O4. The van der Waals surface area contributed by atoms with Gasteiger partial charge in [-0.3, -0.25) is 14.9 Å². The number of nitro groups is 1. The maximum absolute atomic E-state index is 12.2. The number of hydrogen-bond donors (Lipinski definition) is 0. The number of rotatable bonds is 2. The molecule has 3 rings (SSSR count). The average Bonchev–Trinajstić information content (AvgIpc) is 2.93. The lowest BCUT2D eigenvalue weighted by Gasteiger charge is -2.05. The van der Waals surface area contributed by atoms with Crippen molar-refractivity contribution in [3.63, 3.8) is 0 Å². The van der Waals surface area contributed by atoms with E-state index in [0.717, 1.165) is 4.68 Å². The highest BCUT2D eigenvalue weighted by molar-refractivity contribution is 5.78. The zero-order valence-electron chi connectivity index (χ0n) is 10.3. The van der Waals surface area contributed by atoms with Gasteiger partial charge in [-0.15, -0.1) is 0 Å². The van der Waals surface area contributed by atoms with Gasteiger partial charge in [-0.05, 0) is 19.1 Å². The minimum Gasteiger partial charge on any atom is -0.363 e. The van der Waals surface area contributed by atoms with Crippen molar-refractivity contribution >= 4 is 16.6 Å². The zero-order chi connectivity index (χ0) is 14.3. The van der Waals surface area contributed by atoms with Crippen LogP contribution in [-0.2, 0) is 0 Å². The fourth-order valence-electron chi connectivity index (χ4n) is 1.89. The molecule has 0 atom stereocenters. The van der Waals surface area contributed by atoms with E-state index in [-0.39, 0.29) is 11.2 Å². The van der Waals surface area contributed by atoms with Gasteiger partial charge in [0.2, 0.25) is 0 Å². The van der Waals surface area contributed by atoms with E-state index >= 15 is 0 Å². The normalized spacial score (nSPS) is 10.8. The van der Waals surface area contributed by atoms with Crippen LogP contribution in [0.25, 0.3) is 16.6 Å². The molecule has 2 aromatic heterocycles. The molecule has 2 heterocycles. The topological polar surface area (TPSA) is 104 Å². The lowest BCUT2D eigenvalue weighted by Crippen LogP contribution is -2.22. The second kappa shape index (κ2) is 4.26. The van der Waals surface area contributed by atoms with Crippen LogP contribution in [0.1, 0.15) is 5.69 Å². The van der Waals surface area contributed by atoms with Gasteiger partial charge in [0.15, 0.2) is 5.52 Å². The van der Waals surface area contributed by atoms with Crippen LogP contribution < -0.4 is 5.56 Å². The van der Waals surface area contributed by atoms with E-state index in [2.05, 4.69) is 10.3 Å². The summed E-state index contributed by atoms with van der Waals surface area (Å²) in [5.74, 6) is 0. The lowest BCUT2D eigenvalue weighted by molar-refractivity contribution is -0.384. The Morgan fingerprint density at radius 2 is 2.00 bits per heavy atom. The minimum absolute atomic E-state index is 0.0546. The SMILES string of the molecule is Cc1nn(-c2ccc([N+](=O)[O-])cc2)c(=O)c2nocc12. The summed E-state index contributed by atoms with van der Waals surface area (Å²) in [6, 6.07) is 5.54. The van der Waals surface area contributed by atoms with Crippen molar-refractivity contribution in [1.29, 1.82) is 0 Å². The Bertz CT molecular complexity index is 863. The van der Waals surface area contributed by atoms with Crippen LogP contribution in [0.2, 0.25) is 0 Å². The van der Waals surface area contributed by atoms with Gasteiger partial charge in [0.1, 0.15) is 6.26 Å². The van der Waals surface area contributed by atoms with E-state index in [1.807, 2.05) is 0 Å². The van der Waals surface area contributed by atoms with Crippen molar-refractivity contribution in [3.8, 4) is 5.69 Å². The third kappa shape index (κ3) is 1.74. The molecule has 1 aromatic carbocycles. The van der Waals surface area contributed by atoms with Gasteiger partial charge in [0.25, 0.3) is 5.69 Å². The summed E-state index contributed by atoms with van der Waals surface area (Å²) in [4.78, 5) is 22.3. The van der Waals surface area contributed by atoms with Crippen LogP contribution in [-0.4, -0.2) is 19.9 Å². The molecule has 0 amide bonds. The Kier molecular flexibility index (Phi) is 2.56. The van der Waals surface area contributed by atoms with E-state index in [0.29, 0.717) is 16.8 Å². The fourth-order valence-corrected chi connectivity index (χ4v) is 1.89. The highest BCUT2D eigenvalue weighted by Crippen LogP contribution is 2.16. The second-order valence-electron chi connectivity index (χ2n) is 4.15. The summed E-state index contributed by atoms with van der Waals surface area (Å²) >= 11 is 0. The van der Waals surface area contributed by atoms with Crippen LogP contribution in [0.15, 0.2) is 39.8 Å². The Balaban J connectivity index is 2.21. The predicted molar refractivity (Wildman–Crippen MR) is 68.8 cm³/mol. The van der Waals surface area contributed by atoms with Gasteiger partial charge in [0.05, 0.1) is 21.7 Å². The smallest absolute Gasteiger partial charge is 0.301 e. The monoisotopic (exact) mass is 272 g/mol. The van der Waals surface area contributed by atoms with Gasteiger partial charge >= 0.3 is 5.56 Å². The molecule has 0 bridgehead atoms. The molecule has 0 N–H and O–H groups in total. The molecule has 0 aliphatic rings. The van der Waals surface area contributed by atoms with Gasteiger partial charge in [-0.2, -0.15) is 9.78 Å². The first-order valence-corrected chi connectivity index (χ1v) is 5.67. The first-order chi connectivity index (χ1) is 9.58. The summed E-state index contributed by atoms with van der Waals surface area (Å²) < 4.78 is 5.92. The van der Waals surface area contributed by atoms with Crippen molar-refractivity contribution in [2.45, 2.75) is 6.92 Å². The van der Waals surface area contributed by atoms with Crippen molar-refractivity contribution < 1.29 is 9.45 Å². The summed E-state index contributed by atoms with van der Waals surface area (Å²) in [7, 11) is 0. The largest absolute Gasteiger partial charge is 0.363 e. The van der Waals surface area contributed by atoms with E-state index in [1.54, 1.807) is 6.92 Å². The maximum atomic E-state index is 12.2. The number of nitro benzene ring substituents is 1. The number of nitrogens with zero attached hydrogens (tertiary/aromatic N) is 4. The first-order valence-electron chi connectivity index (χ1n) is 5.67. The van der Waals surface area contributed by atoms with Gasteiger partial charge < -0.3 is 4.52 Å². The molecule has 0 radical (unpaired) electrons. The summed E-state index contributed by atoms with van der Waals surface area (Å²) in [5, 5.41) is 19.0. The molecule has 20 heavy (non-hydrogen) atoms. The molecule has 8 heteroatoms. The van der Waals surface area contributed by atoms with E-state index in [9.17, 15) is 14.9 Å². The van der Waals surface area contributed by atoms with Gasteiger partial charge in [-0.25, -0.2) is 0 Å². The molecule has 100 valence electrons.